The average molecular weight is 252 g/mol. The minimum Gasteiger partial charge on any atom is -0.497 e. The number of ether oxygens (including phenoxy) is 1. The number of nitrogens with one attached hydrogen (secondary N) is 1. The van der Waals surface area contributed by atoms with Crippen molar-refractivity contribution in [2.45, 2.75) is 25.4 Å². The second-order valence-electron chi connectivity index (χ2n) is 5.14. The fraction of sp³-hybridized carbons (Fsp3) is 0.571. The molecule has 4 nitrogen and oxygen atoms in total. The van der Waals surface area contributed by atoms with Crippen LogP contribution in [0.25, 0.3) is 0 Å². The number of hydrogen-bond donors (Lipinski definition) is 3. The Morgan fingerprint density at radius 3 is 2.78 bits per heavy atom. The Labute approximate surface area is 109 Å². The molecule has 0 aliphatic rings. The quantitative estimate of drug-likeness (QED) is 0.674. The fourth-order valence-corrected chi connectivity index (χ4v) is 1.78. The van der Waals surface area contributed by atoms with Gasteiger partial charge in [0.2, 0.25) is 0 Å². The maximum atomic E-state index is 9.40. The van der Waals surface area contributed by atoms with E-state index in [1.807, 2.05) is 18.2 Å². The molecule has 1 aromatic carbocycles. The lowest BCUT2D eigenvalue weighted by Crippen LogP contribution is -2.39. The van der Waals surface area contributed by atoms with Crippen LogP contribution in [0, 0.1) is 0 Å². The summed E-state index contributed by atoms with van der Waals surface area (Å²) in [6, 6.07) is 8.06. The first-order valence-electron chi connectivity index (χ1n) is 6.23. The summed E-state index contributed by atoms with van der Waals surface area (Å²) in [6.45, 7) is 5.89. The Hall–Kier alpha value is -1.10. The molecule has 1 rings (SSSR count). The van der Waals surface area contributed by atoms with Crippen LogP contribution in [0.5, 0.6) is 5.75 Å². The lowest BCUT2D eigenvalue weighted by atomic mass is 9.84. The average Bonchev–Trinajstić information content (AvgIpc) is 2.38. The van der Waals surface area contributed by atoms with E-state index in [-0.39, 0.29) is 12.0 Å². The largest absolute Gasteiger partial charge is 0.497 e. The van der Waals surface area contributed by atoms with Crippen LogP contribution >= 0.6 is 0 Å². The topological polar surface area (TPSA) is 67.5 Å². The second-order valence-corrected chi connectivity index (χ2v) is 5.14. The molecule has 102 valence electrons. The molecule has 0 fully saturated rings. The van der Waals surface area contributed by atoms with Crippen molar-refractivity contribution in [2.24, 2.45) is 5.73 Å². The third kappa shape index (κ3) is 4.29. The lowest BCUT2D eigenvalue weighted by molar-refractivity contribution is 0.177. The molecule has 0 aliphatic heterocycles. The van der Waals surface area contributed by atoms with Gasteiger partial charge in [0.15, 0.2) is 0 Å². The molecule has 1 aromatic rings. The Morgan fingerprint density at radius 2 is 2.17 bits per heavy atom. The Balaban J connectivity index is 2.61. The molecule has 0 amide bonds. The SMILES string of the molecule is COc1cccc(C(C)(C)CNCC(O)CN)c1. The van der Waals surface area contributed by atoms with Crippen molar-refractivity contribution in [2.75, 3.05) is 26.7 Å². The summed E-state index contributed by atoms with van der Waals surface area (Å²) >= 11 is 0. The third-order valence-corrected chi connectivity index (χ3v) is 3.07. The monoisotopic (exact) mass is 252 g/mol. The smallest absolute Gasteiger partial charge is 0.119 e. The maximum Gasteiger partial charge on any atom is 0.119 e. The van der Waals surface area contributed by atoms with E-state index < -0.39 is 6.10 Å². The first-order valence-corrected chi connectivity index (χ1v) is 6.23. The van der Waals surface area contributed by atoms with Gasteiger partial charge in [0, 0.05) is 25.0 Å². The van der Waals surface area contributed by atoms with Crippen molar-refractivity contribution < 1.29 is 9.84 Å². The van der Waals surface area contributed by atoms with Crippen molar-refractivity contribution in [1.29, 1.82) is 0 Å². The van der Waals surface area contributed by atoms with Gasteiger partial charge in [-0.3, -0.25) is 0 Å². The van der Waals surface area contributed by atoms with E-state index in [0.29, 0.717) is 6.54 Å². The number of rotatable bonds is 7. The summed E-state index contributed by atoms with van der Waals surface area (Å²) in [5.74, 6) is 0.863. The van der Waals surface area contributed by atoms with Crippen LogP contribution in [0.2, 0.25) is 0 Å². The van der Waals surface area contributed by atoms with E-state index >= 15 is 0 Å². The molecule has 4 N–H and O–H groups in total. The first kappa shape index (κ1) is 15.0. The van der Waals surface area contributed by atoms with Crippen LogP contribution in [0.15, 0.2) is 24.3 Å². The molecule has 0 saturated heterocycles. The van der Waals surface area contributed by atoms with Gasteiger partial charge in [-0.2, -0.15) is 0 Å². The number of aliphatic hydroxyl groups excluding tert-OH is 1. The molecule has 0 saturated carbocycles. The standard InChI is InChI=1S/C14H24N2O2/c1-14(2,10-16-9-12(17)8-15)11-5-4-6-13(7-11)18-3/h4-7,12,16-17H,8-10,15H2,1-3H3. The maximum absolute atomic E-state index is 9.40. The zero-order valence-electron chi connectivity index (χ0n) is 11.4. The van der Waals surface area contributed by atoms with E-state index in [0.717, 1.165) is 12.3 Å². The van der Waals surface area contributed by atoms with Crippen LogP contribution in [0.3, 0.4) is 0 Å². The molecule has 4 heteroatoms. The van der Waals surface area contributed by atoms with E-state index in [9.17, 15) is 5.11 Å². The highest BCUT2D eigenvalue weighted by Gasteiger charge is 2.20. The van der Waals surface area contributed by atoms with Gasteiger partial charge in [0.1, 0.15) is 5.75 Å². The Kier molecular flexibility index (Phi) is 5.59. The molecule has 1 atom stereocenters. The molecule has 0 heterocycles. The summed E-state index contributed by atoms with van der Waals surface area (Å²) in [5.41, 5.74) is 6.54. The van der Waals surface area contributed by atoms with Crippen LogP contribution in [0.4, 0.5) is 0 Å². The highest BCUT2D eigenvalue weighted by Crippen LogP contribution is 2.25. The summed E-state index contributed by atoms with van der Waals surface area (Å²) in [5, 5.41) is 12.6. The summed E-state index contributed by atoms with van der Waals surface area (Å²) in [7, 11) is 1.67. The van der Waals surface area contributed by atoms with Gasteiger partial charge in [-0.1, -0.05) is 26.0 Å². The van der Waals surface area contributed by atoms with Crippen LogP contribution < -0.4 is 15.8 Å². The van der Waals surface area contributed by atoms with Crippen LogP contribution in [0.1, 0.15) is 19.4 Å². The van der Waals surface area contributed by atoms with Gasteiger partial charge in [-0.15, -0.1) is 0 Å². The molecular formula is C14H24N2O2. The first-order chi connectivity index (χ1) is 8.49. The minimum absolute atomic E-state index is 0.0249. The molecule has 1 unspecified atom stereocenters. The van der Waals surface area contributed by atoms with Crippen molar-refractivity contribution in [3.05, 3.63) is 29.8 Å². The van der Waals surface area contributed by atoms with Gasteiger partial charge in [0.25, 0.3) is 0 Å². The number of methoxy groups -OCH3 is 1. The van der Waals surface area contributed by atoms with Crippen molar-refractivity contribution in [3.8, 4) is 5.75 Å². The summed E-state index contributed by atoms with van der Waals surface area (Å²) < 4.78 is 5.23. The highest BCUT2D eigenvalue weighted by molar-refractivity contribution is 5.33. The second kappa shape index (κ2) is 6.73. The molecule has 0 aliphatic carbocycles. The van der Waals surface area contributed by atoms with Crippen molar-refractivity contribution in [3.63, 3.8) is 0 Å². The van der Waals surface area contributed by atoms with Gasteiger partial charge < -0.3 is 20.9 Å². The third-order valence-electron chi connectivity index (χ3n) is 3.07. The van der Waals surface area contributed by atoms with Crippen LogP contribution in [-0.2, 0) is 5.41 Å². The summed E-state index contributed by atoms with van der Waals surface area (Å²) in [4.78, 5) is 0. The van der Waals surface area contributed by atoms with E-state index in [1.54, 1.807) is 7.11 Å². The van der Waals surface area contributed by atoms with Crippen LogP contribution in [-0.4, -0.2) is 38.0 Å². The predicted molar refractivity (Wildman–Crippen MR) is 74.0 cm³/mol. The normalized spacial score (nSPS) is 13.4. The Morgan fingerprint density at radius 1 is 1.44 bits per heavy atom. The molecule has 18 heavy (non-hydrogen) atoms. The minimum atomic E-state index is -0.480. The van der Waals surface area contributed by atoms with Gasteiger partial charge >= 0.3 is 0 Å². The highest BCUT2D eigenvalue weighted by atomic mass is 16.5. The Bertz CT molecular complexity index is 367. The lowest BCUT2D eigenvalue weighted by Gasteiger charge is -2.26. The molecule has 0 bridgehead atoms. The number of hydrogen-bond acceptors (Lipinski definition) is 4. The molecule has 0 spiro atoms. The molecule has 0 aromatic heterocycles. The van der Waals surface area contributed by atoms with Gasteiger partial charge in [0.05, 0.1) is 13.2 Å². The van der Waals surface area contributed by atoms with Gasteiger partial charge in [-0.05, 0) is 17.7 Å². The molecule has 0 radical (unpaired) electrons. The number of benzene rings is 1. The van der Waals surface area contributed by atoms with E-state index in [4.69, 9.17) is 10.5 Å². The zero-order chi connectivity index (χ0) is 13.6. The van der Waals surface area contributed by atoms with E-state index in [2.05, 4.69) is 25.2 Å². The van der Waals surface area contributed by atoms with E-state index in [1.165, 1.54) is 5.56 Å². The number of nitrogens with two attached hydrogens (primary N) is 1. The number of aliphatic hydroxyl groups is 1. The van der Waals surface area contributed by atoms with Gasteiger partial charge in [-0.25, -0.2) is 0 Å². The van der Waals surface area contributed by atoms with Crippen molar-refractivity contribution in [1.82, 2.24) is 5.32 Å². The molecular weight excluding hydrogens is 228 g/mol. The summed E-state index contributed by atoms with van der Waals surface area (Å²) in [6.07, 6.45) is -0.480. The van der Waals surface area contributed by atoms with Crippen molar-refractivity contribution >= 4 is 0 Å². The zero-order valence-corrected chi connectivity index (χ0v) is 11.4. The predicted octanol–water partition coefficient (Wildman–Crippen LogP) is 0.882. The fourth-order valence-electron chi connectivity index (χ4n) is 1.78.